The first-order valence-electron chi connectivity index (χ1n) is 5.26. The second-order valence-corrected chi connectivity index (χ2v) is 4.34. The molecule has 0 amide bonds. The first kappa shape index (κ1) is 13.5. The van der Waals surface area contributed by atoms with Crippen LogP contribution in [0.4, 0.5) is 5.69 Å². The van der Waals surface area contributed by atoms with Crippen molar-refractivity contribution >= 4 is 11.7 Å². The number of benzene rings is 1. The van der Waals surface area contributed by atoms with E-state index in [-0.39, 0.29) is 18.8 Å². The molecule has 0 bridgehead atoms. The number of aryl methyl sites for hydroxylation is 1. The molecule has 1 aromatic rings. The number of carboxylic acids is 1. The van der Waals surface area contributed by atoms with Crippen LogP contribution in [0.5, 0.6) is 0 Å². The molecular formula is C12H17NO4. The van der Waals surface area contributed by atoms with Crippen molar-refractivity contribution < 1.29 is 20.1 Å². The molecule has 0 heterocycles. The zero-order valence-corrected chi connectivity index (χ0v) is 9.90. The summed E-state index contributed by atoms with van der Waals surface area (Å²) < 4.78 is 0. The van der Waals surface area contributed by atoms with Gasteiger partial charge in [-0.1, -0.05) is 0 Å². The zero-order valence-electron chi connectivity index (χ0n) is 9.90. The largest absolute Gasteiger partial charge is 0.478 e. The van der Waals surface area contributed by atoms with Crippen LogP contribution in [0.25, 0.3) is 0 Å². The van der Waals surface area contributed by atoms with Crippen LogP contribution >= 0.6 is 0 Å². The van der Waals surface area contributed by atoms with Crippen molar-refractivity contribution in [3.05, 3.63) is 29.3 Å². The summed E-state index contributed by atoms with van der Waals surface area (Å²) in [6.07, 6.45) is 0. The van der Waals surface area contributed by atoms with Crippen LogP contribution in [-0.2, 0) is 0 Å². The lowest BCUT2D eigenvalue weighted by molar-refractivity contribution is 0.0696. The number of nitrogens with one attached hydrogen (secondary N) is 1. The minimum atomic E-state index is -0.971. The van der Waals surface area contributed by atoms with Crippen LogP contribution in [0.1, 0.15) is 22.8 Å². The lowest BCUT2D eigenvalue weighted by Gasteiger charge is -2.27. The van der Waals surface area contributed by atoms with Crippen LogP contribution in [0.2, 0.25) is 0 Å². The van der Waals surface area contributed by atoms with Crippen molar-refractivity contribution in [1.82, 2.24) is 0 Å². The van der Waals surface area contributed by atoms with E-state index in [2.05, 4.69) is 5.32 Å². The molecule has 17 heavy (non-hydrogen) atoms. The van der Waals surface area contributed by atoms with Gasteiger partial charge in [0, 0.05) is 5.69 Å². The molecule has 5 heteroatoms. The maximum absolute atomic E-state index is 10.8. The number of aromatic carboxylic acids is 1. The van der Waals surface area contributed by atoms with Crippen molar-refractivity contribution in [2.75, 3.05) is 18.5 Å². The SMILES string of the molecule is Cc1cc(NC(C)(CO)CO)ccc1C(=O)O. The quantitative estimate of drug-likeness (QED) is 0.611. The number of aliphatic hydroxyl groups is 2. The predicted octanol–water partition coefficient (Wildman–Crippen LogP) is 0.848. The van der Waals surface area contributed by atoms with E-state index in [1.807, 2.05) is 0 Å². The molecule has 0 saturated carbocycles. The number of hydrogen-bond donors (Lipinski definition) is 4. The Morgan fingerprint density at radius 3 is 2.35 bits per heavy atom. The molecule has 0 spiro atoms. The Bertz CT molecular complexity index is 413. The van der Waals surface area contributed by atoms with Gasteiger partial charge < -0.3 is 20.6 Å². The highest BCUT2D eigenvalue weighted by Gasteiger charge is 2.22. The van der Waals surface area contributed by atoms with Gasteiger partial charge in [0.1, 0.15) is 0 Å². The molecule has 0 aliphatic rings. The zero-order chi connectivity index (χ0) is 13.1. The molecule has 0 aliphatic carbocycles. The molecule has 0 aliphatic heterocycles. The minimum absolute atomic E-state index is 0.219. The number of carboxylic acid groups (broad SMARTS) is 1. The number of hydrogen-bond acceptors (Lipinski definition) is 4. The van der Waals surface area contributed by atoms with Crippen molar-refractivity contribution in [3.63, 3.8) is 0 Å². The van der Waals surface area contributed by atoms with Crippen molar-refractivity contribution in [2.45, 2.75) is 19.4 Å². The predicted molar refractivity (Wildman–Crippen MR) is 64.3 cm³/mol. The molecular weight excluding hydrogens is 222 g/mol. The van der Waals surface area contributed by atoms with E-state index in [0.29, 0.717) is 11.3 Å². The molecule has 0 saturated heterocycles. The molecule has 94 valence electrons. The lowest BCUT2D eigenvalue weighted by atomic mass is 10.0. The normalized spacial score (nSPS) is 11.3. The first-order chi connectivity index (χ1) is 7.91. The highest BCUT2D eigenvalue weighted by atomic mass is 16.4. The Morgan fingerprint density at radius 1 is 1.35 bits per heavy atom. The minimum Gasteiger partial charge on any atom is -0.478 e. The second-order valence-electron chi connectivity index (χ2n) is 4.34. The lowest BCUT2D eigenvalue weighted by Crippen LogP contribution is -2.42. The highest BCUT2D eigenvalue weighted by molar-refractivity contribution is 5.89. The molecule has 5 nitrogen and oxygen atoms in total. The summed E-state index contributed by atoms with van der Waals surface area (Å²) >= 11 is 0. The third-order valence-electron chi connectivity index (χ3n) is 2.60. The summed E-state index contributed by atoms with van der Waals surface area (Å²) in [5, 5.41) is 30.1. The number of rotatable bonds is 5. The Hall–Kier alpha value is -1.59. The van der Waals surface area contributed by atoms with E-state index in [1.54, 1.807) is 26.0 Å². The summed E-state index contributed by atoms with van der Waals surface area (Å²) in [5.74, 6) is -0.971. The van der Waals surface area contributed by atoms with Gasteiger partial charge in [-0.15, -0.1) is 0 Å². The Balaban J connectivity index is 2.95. The first-order valence-corrected chi connectivity index (χ1v) is 5.26. The summed E-state index contributed by atoms with van der Waals surface area (Å²) in [6.45, 7) is 2.93. The number of aliphatic hydroxyl groups excluding tert-OH is 2. The fourth-order valence-electron chi connectivity index (χ4n) is 1.46. The monoisotopic (exact) mass is 239 g/mol. The van der Waals surface area contributed by atoms with Crippen LogP contribution in [-0.4, -0.2) is 40.0 Å². The fourth-order valence-corrected chi connectivity index (χ4v) is 1.46. The molecule has 0 fully saturated rings. The van der Waals surface area contributed by atoms with Crippen LogP contribution in [0.3, 0.4) is 0 Å². The van der Waals surface area contributed by atoms with Gasteiger partial charge in [0.2, 0.25) is 0 Å². The topological polar surface area (TPSA) is 89.8 Å². The highest BCUT2D eigenvalue weighted by Crippen LogP contribution is 2.19. The molecule has 0 aromatic heterocycles. The van der Waals surface area contributed by atoms with E-state index in [0.717, 1.165) is 0 Å². The van der Waals surface area contributed by atoms with E-state index < -0.39 is 11.5 Å². The molecule has 0 unspecified atom stereocenters. The van der Waals surface area contributed by atoms with Gasteiger partial charge in [0.25, 0.3) is 0 Å². The smallest absolute Gasteiger partial charge is 0.335 e. The van der Waals surface area contributed by atoms with E-state index >= 15 is 0 Å². The Kier molecular flexibility index (Phi) is 4.09. The standard InChI is InChI=1S/C12H17NO4/c1-8-5-9(3-4-10(8)11(16)17)13-12(2,6-14)7-15/h3-5,13-15H,6-7H2,1-2H3,(H,16,17). The third-order valence-corrected chi connectivity index (χ3v) is 2.60. The molecule has 0 atom stereocenters. The average Bonchev–Trinajstić information content (AvgIpc) is 2.28. The van der Waals surface area contributed by atoms with Gasteiger partial charge in [-0.2, -0.15) is 0 Å². The van der Waals surface area contributed by atoms with Crippen LogP contribution < -0.4 is 5.32 Å². The number of carbonyl (C=O) groups is 1. The van der Waals surface area contributed by atoms with Gasteiger partial charge >= 0.3 is 5.97 Å². The average molecular weight is 239 g/mol. The van der Waals surface area contributed by atoms with Gasteiger partial charge in [-0.05, 0) is 37.6 Å². The summed E-state index contributed by atoms with van der Waals surface area (Å²) in [4.78, 5) is 10.8. The van der Waals surface area contributed by atoms with Gasteiger partial charge in [0.15, 0.2) is 0 Å². The number of anilines is 1. The van der Waals surface area contributed by atoms with Crippen molar-refractivity contribution in [3.8, 4) is 0 Å². The molecule has 4 N–H and O–H groups in total. The van der Waals surface area contributed by atoms with Gasteiger partial charge in [0.05, 0.1) is 24.3 Å². The van der Waals surface area contributed by atoms with E-state index in [4.69, 9.17) is 15.3 Å². The Morgan fingerprint density at radius 2 is 1.94 bits per heavy atom. The summed E-state index contributed by atoms with van der Waals surface area (Å²) in [6, 6.07) is 4.78. The van der Waals surface area contributed by atoms with Gasteiger partial charge in [-0.3, -0.25) is 0 Å². The fraction of sp³-hybridized carbons (Fsp3) is 0.417. The summed E-state index contributed by atoms with van der Waals surface area (Å²) in [5.41, 5.74) is 0.709. The van der Waals surface area contributed by atoms with E-state index in [1.165, 1.54) is 6.07 Å². The van der Waals surface area contributed by atoms with Crippen molar-refractivity contribution in [2.24, 2.45) is 0 Å². The Labute approximate surface area is 99.7 Å². The van der Waals surface area contributed by atoms with Crippen molar-refractivity contribution in [1.29, 1.82) is 0 Å². The molecule has 1 aromatic carbocycles. The molecule has 0 radical (unpaired) electrons. The third kappa shape index (κ3) is 3.18. The van der Waals surface area contributed by atoms with Gasteiger partial charge in [-0.25, -0.2) is 4.79 Å². The summed E-state index contributed by atoms with van der Waals surface area (Å²) in [7, 11) is 0. The van der Waals surface area contributed by atoms with E-state index in [9.17, 15) is 4.79 Å². The van der Waals surface area contributed by atoms with Crippen LogP contribution in [0.15, 0.2) is 18.2 Å². The maximum Gasteiger partial charge on any atom is 0.335 e. The maximum atomic E-state index is 10.8. The second kappa shape index (κ2) is 5.16. The van der Waals surface area contributed by atoms with Crippen LogP contribution in [0, 0.1) is 6.92 Å². The molecule has 1 rings (SSSR count).